The van der Waals surface area contributed by atoms with Crippen LogP contribution in [0.25, 0.3) is 11.1 Å². The normalized spacial score (nSPS) is 13.2. The second kappa shape index (κ2) is 12.1. The first kappa shape index (κ1) is 27.0. The summed E-state index contributed by atoms with van der Waals surface area (Å²) in [6.45, 7) is 3.38. The smallest absolute Gasteiger partial charge is 0.274 e. The van der Waals surface area contributed by atoms with Gasteiger partial charge in [0.1, 0.15) is 11.6 Å². The van der Waals surface area contributed by atoms with Gasteiger partial charge in [-0.3, -0.25) is 14.4 Å². The Hall–Kier alpha value is -4.54. The lowest BCUT2D eigenvalue weighted by Crippen LogP contribution is -2.31. The predicted molar refractivity (Wildman–Crippen MR) is 153 cm³/mol. The van der Waals surface area contributed by atoms with Crippen molar-refractivity contribution in [2.45, 2.75) is 19.4 Å². The number of halogens is 1. The minimum Gasteiger partial charge on any atom is -0.506 e. The maximum atomic E-state index is 13.1. The first-order chi connectivity index (χ1) is 19.4. The number of amides is 2. The van der Waals surface area contributed by atoms with E-state index in [1.165, 1.54) is 48.0 Å². The quantitative estimate of drug-likeness (QED) is 0.275. The number of hydrogen-bond donors (Lipinski definition) is 3. The average molecular weight is 559 g/mol. The Morgan fingerprint density at radius 3 is 2.42 bits per heavy atom. The third-order valence-electron chi connectivity index (χ3n) is 6.69. The van der Waals surface area contributed by atoms with Crippen molar-refractivity contribution in [2.24, 2.45) is 0 Å². The summed E-state index contributed by atoms with van der Waals surface area (Å²) in [6, 6.07) is 15.6. The largest absolute Gasteiger partial charge is 0.506 e. The number of anilines is 2. The number of phenolic OH excluding ortho intramolecular Hbond substituents is 1. The molecule has 204 valence electrons. The molecular weight excluding hydrogens is 532 g/mol. The van der Waals surface area contributed by atoms with E-state index < -0.39 is 11.8 Å². The number of likely N-dealkylation sites (tertiary alicyclic amines) is 1. The van der Waals surface area contributed by atoms with Gasteiger partial charge in [0.2, 0.25) is 0 Å². The summed E-state index contributed by atoms with van der Waals surface area (Å²) in [5.74, 6) is -1.12. The molecule has 10 nitrogen and oxygen atoms in total. The summed E-state index contributed by atoms with van der Waals surface area (Å²) in [7, 11) is 0. The first-order valence-electron chi connectivity index (χ1n) is 12.8. The molecule has 0 aliphatic carbocycles. The molecule has 1 fully saturated rings. The second-order valence-electron chi connectivity index (χ2n) is 9.37. The molecule has 1 aliphatic heterocycles. The van der Waals surface area contributed by atoms with Crippen LogP contribution >= 0.6 is 11.6 Å². The van der Waals surface area contributed by atoms with Crippen LogP contribution in [0.3, 0.4) is 0 Å². The molecule has 2 aromatic heterocycles. The van der Waals surface area contributed by atoms with Crippen LogP contribution in [0.5, 0.6) is 5.75 Å². The molecule has 11 heteroatoms. The summed E-state index contributed by atoms with van der Waals surface area (Å²) in [5.41, 5.74) is 1.22. The monoisotopic (exact) mass is 558 g/mol. The van der Waals surface area contributed by atoms with Crippen LogP contribution in [0.4, 0.5) is 11.5 Å². The number of aromatic hydroxyl groups is 1. The average Bonchev–Trinajstić information content (AvgIpc) is 3.49. The van der Waals surface area contributed by atoms with E-state index in [0.29, 0.717) is 22.7 Å². The van der Waals surface area contributed by atoms with Gasteiger partial charge in [-0.05, 0) is 74.0 Å². The molecule has 3 N–H and O–H groups in total. The van der Waals surface area contributed by atoms with Crippen molar-refractivity contribution in [3.05, 3.63) is 99.6 Å². The van der Waals surface area contributed by atoms with Crippen molar-refractivity contribution in [2.75, 3.05) is 30.3 Å². The number of phenols is 1. The first-order valence-corrected chi connectivity index (χ1v) is 13.2. The molecular formula is C29H27ClN6O4. The van der Waals surface area contributed by atoms with E-state index in [0.717, 1.165) is 19.6 Å². The van der Waals surface area contributed by atoms with Crippen LogP contribution in [-0.4, -0.2) is 56.2 Å². The highest BCUT2D eigenvalue weighted by atomic mass is 35.5. The molecule has 0 spiro atoms. The highest BCUT2D eigenvalue weighted by molar-refractivity contribution is 6.30. The molecule has 4 aromatic rings. The van der Waals surface area contributed by atoms with Crippen molar-refractivity contribution in [3.8, 4) is 16.9 Å². The molecule has 3 heterocycles. The van der Waals surface area contributed by atoms with E-state index in [-0.39, 0.29) is 33.9 Å². The van der Waals surface area contributed by atoms with Gasteiger partial charge in [-0.2, -0.15) is 5.10 Å². The molecule has 40 heavy (non-hydrogen) atoms. The molecule has 1 aliphatic rings. The number of aromatic nitrogens is 3. The third kappa shape index (κ3) is 6.19. The van der Waals surface area contributed by atoms with Crippen LogP contribution in [-0.2, 0) is 6.54 Å². The summed E-state index contributed by atoms with van der Waals surface area (Å²) < 4.78 is 1.47. The summed E-state index contributed by atoms with van der Waals surface area (Å²) in [6.07, 6.45) is 5.36. The number of carbonyl (C=O) groups is 2. The molecule has 0 bridgehead atoms. The topological polar surface area (TPSA) is 129 Å². The van der Waals surface area contributed by atoms with Gasteiger partial charge in [0.15, 0.2) is 0 Å². The molecule has 0 unspecified atom stereocenters. The number of nitrogens with zero attached hydrogens (tertiary/aromatic N) is 4. The summed E-state index contributed by atoms with van der Waals surface area (Å²) in [4.78, 5) is 45.3. The Bertz CT molecular complexity index is 1580. The van der Waals surface area contributed by atoms with Crippen LogP contribution in [0.15, 0.2) is 77.9 Å². The van der Waals surface area contributed by atoms with Gasteiger partial charge in [-0.25, -0.2) is 9.67 Å². The number of rotatable bonds is 8. The molecule has 0 atom stereocenters. The highest BCUT2D eigenvalue weighted by Gasteiger charge is 2.19. The van der Waals surface area contributed by atoms with Crippen molar-refractivity contribution in [1.29, 1.82) is 0 Å². The molecule has 2 aromatic carbocycles. The number of para-hydroxylation sites is 1. The van der Waals surface area contributed by atoms with Gasteiger partial charge in [0, 0.05) is 24.5 Å². The fraction of sp³-hybridized carbons (Fsp3) is 0.207. The van der Waals surface area contributed by atoms with Gasteiger partial charge in [0.05, 0.1) is 28.4 Å². The van der Waals surface area contributed by atoms with Crippen molar-refractivity contribution >= 4 is 34.9 Å². The lowest BCUT2D eigenvalue weighted by Gasteiger charge is -2.15. The van der Waals surface area contributed by atoms with Crippen LogP contribution in [0.2, 0.25) is 5.02 Å². The number of hydrogen-bond acceptors (Lipinski definition) is 7. The molecule has 0 radical (unpaired) electrons. The maximum absolute atomic E-state index is 13.1. The summed E-state index contributed by atoms with van der Waals surface area (Å²) >= 11 is 5.84. The Kier molecular flexibility index (Phi) is 8.18. The van der Waals surface area contributed by atoms with Crippen molar-refractivity contribution in [3.63, 3.8) is 0 Å². The number of nitrogens with one attached hydrogen (secondary N) is 2. The summed E-state index contributed by atoms with van der Waals surface area (Å²) in [5, 5.41) is 20.3. The highest BCUT2D eigenvalue weighted by Crippen LogP contribution is 2.29. The number of pyridine rings is 1. The van der Waals surface area contributed by atoms with Crippen LogP contribution in [0.1, 0.15) is 33.6 Å². The Balaban J connectivity index is 1.30. The standard InChI is InChI=1S/C29H27ClN6O4/c30-21-10-11-25(31-18-21)33-28(39)23-4-3-5-24(37)26(23)34-27(38)20-8-6-19(7-9-20)22-12-13-32-36(29(22)40)17-16-35-14-1-2-15-35/h3-13,18,37H,1-2,14-17H2,(H,34,38)(H,31,33,39). The van der Waals surface area contributed by atoms with E-state index in [4.69, 9.17) is 11.6 Å². The fourth-order valence-corrected chi connectivity index (χ4v) is 4.67. The molecule has 2 amide bonds. The Labute approximate surface area is 235 Å². The van der Waals surface area contributed by atoms with Crippen LogP contribution < -0.4 is 16.2 Å². The SMILES string of the molecule is O=C(Nc1c(O)cccc1C(=O)Nc1ccc(Cl)cn1)c1ccc(-c2ccnn(CCN3CCCC3)c2=O)cc1. The van der Waals surface area contributed by atoms with E-state index in [1.54, 1.807) is 42.6 Å². The zero-order valence-corrected chi connectivity index (χ0v) is 22.3. The molecule has 0 saturated carbocycles. The predicted octanol–water partition coefficient (Wildman–Crippen LogP) is 4.26. The van der Waals surface area contributed by atoms with Crippen LogP contribution in [0, 0.1) is 0 Å². The number of carbonyl (C=O) groups excluding carboxylic acids is 2. The van der Waals surface area contributed by atoms with Gasteiger partial charge >= 0.3 is 0 Å². The Morgan fingerprint density at radius 1 is 0.925 bits per heavy atom. The van der Waals surface area contributed by atoms with Crippen molar-refractivity contribution < 1.29 is 14.7 Å². The van der Waals surface area contributed by atoms with Gasteiger partial charge < -0.3 is 20.6 Å². The molecule has 5 rings (SSSR count). The zero-order valence-electron chi connectivity index (χ0n) is 21.5. The second-order valence-corrected chi connectivity index (χ2v) is 9.81. The fourth-order valence-electron chi connectivity index (χ4n) is 4.55. The number of benzene rings is 2. The maximum Gasteiger partial charge on any atom is 0.274 e. The van der Waals surface area contributed by atoms with Gasteiger partial charge in [-0.1, -0.05) is 29.8 Å². The van der Waals surface area contributed by atoms with E-state index in [2.05, 4.69) is 25.6 Å². The lowest BCUT2D eigenvalue weighted by molar-refractivity contribution is 0.102. The minimum absolute atomic E-state index is 0.0435. The third-order valence-corrected chi connectivity index (χ3v) is 6.92. The zero-order chi connectivity index (χ0) is 28.1. The lowest BCUT2D eigenvalue weighted by atomic mass is 10.0. The van der Waals surface area contributed by atoms with E-state index in [1.807, 2.05) is 0 Å². The van der Waals surface area contributed by atoms with Gasteiger partial charge in [0.25, 0.3) is 17.4 Å². The minimum atomic E-state index is -0.574. The van der Waals surface area contributed by atoms with E-state index >= 15 is 0 Å². The van der Waals surface area contributed by atoms with Gasteiger partial charge in [-0.15, -0.1) is 0 Å². The van der Waals surface area contributed by atoms with Crippen molar-refractivity contribution in [1.82, 2.24) is 19.7 Å². The van der Waals surface area contributed by atoms with E-state index in [9.17, 15) is 19.5 Å². The molecule has 1 saturated heterocycles. The Morgan fingerprint density at radius 2 is 1.70 bits per heavy atom.